The summed E-state index contributed by atoms with van der Waals surface area (Å²) in [5.74, 6) is -0.557. The molecule has 3 atom stereocenters. The maximum absolute atomic E-state index is 14.5. The molecule has 0 radical (unpaired) electrons. The average molecular weight is 488 g/mol. The fraction of sp³-hybridized carbons (Fsp3) is 0.300. The zero-order valence-electron chi connectivity index (χ0n) is 21.1. The van der Waals surface area contributed by atoms with Crippen LogP contribution in [0.3, 0.4) is 0 Å². The number of halogens is 1. The Kier molecular flexibility index (Phi) is 7.87. The third kappa shape index (κ3) is 5.20. The molecule has 0 aromatic heterocycles. The molecule has 0 bridgehead atoms. The number of amides is 1. The maximum atomic E-state index is 14.5. The monoisotopic (exact) mass is 487 g/mol. The maximum Gasteiger partial charge on any atom is 0.258 e. The van der Waals surface area contributed by atoms with Gasteiger partial charge in [-0.05, 0) is 55.3 Å². The van der Waals surface area contributed by atoms with Gasteiger partial charge in [0.05, 0.1) is 11.7 Å². The smallest absolute Gasteiger partial charge is 0.258 e. The molecule has 6 heteroatoms. The van der Waals surface area contributed by atoms with Gasteiger partial charge in [0, 0.05) is 44.3 Å². The third-order valence-electron chi connectivity index (χ3n) is 7.05. The van der Waals surface area contributed by atoms with E-state index in [1.165, 1.54) is 11.0 Å². The van der Waals surface area contributed by atoms with Crippen LogP contribution in [0.15, 0.2) is 85.5 Å². The summed E-state index contributed by atoms with van der Waals surface area (Å²) in [6.45, 7) is 10.7. The Hall–Kier alpha value is -3.48. The van der Waals surface area contributed by atoms with Gasteiger partial charge in [0.1, 0.15) is 11.6 Å². The van der Waals surface area contributed by atoms with Gasteiger partial charge in [-0.25, -0.2) is 4.39 Å². The Balaban J connectivity index is 1.79. The number of benzene rings is 3. The molecule has 5 nitrogen and oxygen atoms in total. The Morgan fingerprint density at radius 1 is 1.08 bits per heavy atom. The van der Waals surface area contributed by atoms with Gasteiger partial charge in [-0.15, -0.1) is 6.58 Å². The van der Waals surface area contributed by atoms with E-state index in [1.807, 2.05) is 36.4 Å². The molecular formula is C30H34FN3O2. The second-order valence-corrected chi connectivity index (χ2v) is 9.54. The van der Waals surface area contributed by atoms with Crippen molar-refractivity contribution >= 4 is 11.6 Å². The highest BCUT2D eigenvalue weighted by atomic mass is 19.1. The highest BCUT2D eigenvalue weighted by Crippen LogP contribution is 2.36. The summed E-state index contributed by atoms with van der Waals surface area (Å²) in [7, 11) is 1.60. The van der Waals surface area contributed by atoms with Gasteiger partial charge in [0.2, 0.25) is 0 Å². The number of phenols is 1. The van der Waals surface area contributed by atoms with Crippen LogP contribution in [-0.4, -0.2) is 59.6 Å². The zero-order valence-corrected chi connectivity index (χ0v) is 21.1. The lowest BCUT2D eigenvalue weighted by atomic mass is 9.90. The number of rotatable bonds is 7. The molecule has 4 rings (SSSR count). The summed E-state index contributed by atoms with van der Waals surface area (Å²) in [5, 5.41) is 10.3. The van der Waals surface area contributed by atoms with Gasteiger partial charge in [-0.1, -0.05) is 48.5 Å². The molecule has 188 valence electrons. The Bertz CT molecular complexity index is 1230. The van der Waals surface area contributed by atoms with E-state index < -0.39 is 5.82 Å². The minimum atomic E-state index is -0.448. The lowest BCUT2D eigenvalue weighted by Crippen LogP contribution is -2.57. The van der Waals surface area contributed by atoms with Gasteiger partial charge in [-0.2, -0.15) is 0 Å². The highest BCUT2D eigenvalue weighted by Gasteiger charge is 2.36. The SMILES string of the molecule is C=CCN1C[C@@H](C)N(C(c2cccc(O)c2)c2ccccc2C(=O)N(C)c2ccccc2F)CC1C. The minimum Gasteiger partial charge on any atom is -0.508 e. The molecule has 0 saturated carbocycles. The molecule has 1 N–H and O–H groups in total. The second-order valence-electron chi connectivity index (χ2n) is 9.54. The molecule has 36 heavy (non-hydrogen) atoms. The van der Waals surface area contributed by atoms with Crippen LogP contribution in [0.2, 0.25) is 0 Å². The van der Waals surface area contributed by atoms with Crippen molar-refractivity contribution in [3.8, 4) is 5.75 Å². The third-order valence-corrected chi connectivity index (χ3v) is 7.05. The predicted octanol–water partition coefficient (Wildman–Crippen LogP) is 5.48. The molecule has 3 aromatic rings. The largest absolute Gasteiger partial charge is 0.508 e. The van der Waals surface area contributed by atoms with E-state index in [2.05, 4.69) is 30.2 Å². The first-order valence-electron chi connectivity index (χ1n) is 12.3. The van der Waals surface area contributed by atoms with Crippen molar-refractivity contribution in [1.82, 2.24) is 9.80 Å². The van der Waals surface area contributed by atoms with Crippen molar-refractivity contribution in [1.29, 1.82) is 0 Å². The Morgan fingerprint density at radius 2 is 1.81 bits per heavy atom. The van der Waals surface area contributed by atoms with Crippen molar-refractivity contribution in [2.24, 2.45) is 0 Å². The Labute approximate surface area is 213 Å². The van der Waals surface area contributed by atoms with Crippen molar-refractivity contribution in [3.05, 3.63) is 108 Å². The predicted molar refractivity (Wildman–Crippen MR) is 143 cm³/mol. The van der Waals surface area contributed by atoms with E-state index in [9.17, 15) is 14.3 Å². The number of hydrogen-bond donors (Lipinski definition) is 1. The van der Waals surface area contributed by atoms with E-state index in [0.29, 0.717) is 5.56 Å². The summed E-state index contributed by atoms with van der Waals surface area (Å²) in [4.78, 5) is 19.9. The van der Waals surface area contributed by atoms with Crippen LogP contribution in [0.25, 0.3) is 0 Å². The summed E-state index contributed by atoms with van der Waals surface area (Å²) in [5.41, 5.74) is 2.46. The number of aromatic hydroxyl groups is 1. The number of carbonyl (C=O) groups excluding carboxylic acids is 1. The van der Waals surface area contributed by atoms with Gasteiger partial charge >= 0.3 is 0 Å². The van der Waals surface area contributed by atoms with Crippen LogP contribution in [0.4, 0.5) is 10.1 Å². The van der Waals surface area contributed by atoms with Gasteiger partial charge in [0.15, 0.2) is 0 Å². The lowest BCUT2D eigenvalue weighted by Gasteiger charge is -2.47. The Morgan fingerprint density at radius 3 is 2.53 bits per heavy atom. The van der Waals surface area contributed by atoms with Crippen LogP contribution in [0.1, 0.15) is 41.4 Å². The van der Waals surface area contributed by atoms with E-state index in [0.717, 1.165) is 30.8 Å². The normalized spacial score (nSPS) is 19.6. The fourth-order valence-corrected chi connectivity index (χ4v) is 5.19. The quantitative estimate of drug-likeness (QED) is 0.449. The van der Waals surface area contributed by atoms with Crippen LogP contribution in [-0.2, 0) is 0 Å². The van der Waals surface area contributed by atoms with Gasteiger partial charge < -0.3 is 10.0 Å². The van der Waals surface area contributed by atoms with Crippen molar-refractivity contribution in [3.63, 3.8) is 0 Å². The second kappa shape index (κ2) is 11.1. The minimum absolute atomic E-state index is 0.177. The number of carbonyl (C=O) groups is 1. The molecule has 1 aliphatic rings. The summed E-state index contributed by atoms with van der Waals surface area (Å²) in [6, 6.07) is 21.2. The first kappa shape index (κ1) is 25.6. The summed E-state index contributed by atoms with van der Waals surface area (Å²) >= 11 is 0. The van der Waals surface area contributed by atoms with Crippen molar-refractivity contribution in [2.75, 3.05) is 31.6 Å². The molecule has 1 heterocycles. The highest BCUT2D eigenvalue weighted by molar-refractivity contribution is 6.07. The van der Waals surface area contributed by atoms with E-state index in [-0.39, 0.29) is 35.5 Å². The van der Waals surface area contributed by atoms with Crippen LogP contribution >= 0.6 is 0 Å². The van der Waals surface area contributed by atoms with Gasteiger partial charge in [0.25, 0.3) is 5.91 Å². The number of para-hydroxylation sites is 1. The van der Waals surface area contributed by atoms with E-state index in [4.69, 9.17) is 0 Å². The molecule has 1 saturated heterocycles. The summed E-state index contributed by atoms with van der Waals surface area (Å²) in [6.07, 6.45) is 1.93. The molecule has 2 unspecified atom stereocenters. The molecule has 0 spiro atoms. The molecule has 0 aliphatic carbocycles. The van der Waals surface area contributed by atoms with E-state index >= 15 is 0 Å². The fourth-order valence-electron chi connectivity index (χ4n) is 5.19. The van der Waals surface area contributed by atoms with Crippen LogP contribution in [0, 0.1) is 5.82 Å². The summed E-state index contributed by atoms with van der Waals surface area (Å²) < 4.78 is 14.5. The van der Waals surface area contributed by atoms with Gasteiger partial charge in [-0.3, -0.25) is 14.6 Å². The standard InChI is InChI=1S/C30H34FN3O2/c1-5-17-33-19-22(3)34(20-21(33)2)29(23-11-10-12-24(35)18-23)25-13-6-7-14-26(25)30(36)32(4)28-16-9-8-15-27(28)31/h5-16,18,21-22,29,35H,1,17,19-20H2,2-4H3/t21?,22-,29?/m1/s1. The van der Waals surface area contributed by atoms with E-state index in [1.54, 1.807) is 43.4 Å². The lowest BCUT2D eigenvalue weighted by molar-refractivity contribution is 0.0304. The van der Waals surface area contributed by atoms with Crippen molar-refractivity contribution in [2.45, 2.75) is 32.0 Å². The number of anilines is 1. The topological polar surface area (TPSA) is 47.0 Å². The number of phenolic OH excluding ortho intramolecular Hbond substituents is 1. The average Bonchev–Trinajstić information content (AvgIpc) is 2.87. The zero-order chi connectivity index (χ0) is 25.8. The molecule has 1 aliphatic heterocycles. The number of hydrogen-bond acceptors (Lipinski definition) is 4. The van der Waals surface area contributed by atoms with Crippen molar-refractivity contribution < 1.29 is 14.3 Å². The first-order chi connectivity index (χ1) is 17.3. The molecule has 1 amide bonds. The number of piperazine rings is 1. The molecule has 3 aromatic carbocycles. The molecular weight excluding hydrogens is 453 g/mol. The molecule has 1 fully saturated rings. The van der Waals surface area contributed by atoms with Crippen LogP contribution in [0.5, 0.6) is 5.75 Å². The number of nitrogens with zero attached hydrogens (tertiary/aromatic N) is 3. The first-order valence-corrected chi connectivity index (χ1v) is 12.3. The van der Waals surface area contributed by atoms with Crippen LogP contribution < -0.4 is 4.90 Å².